The van der Waals surface area contributed by atoms with E-state index in [0.29, 0.717) is 23.7 Å². The third-order valence-corrected chi connectivity index (χ3v) is 7.52. The summed E-state index contributed by atoms with van der Waals surface area (Å²) in [5, 5.41) is 3.80. The van der Waals surface area contributed by atoms with E-state index < -0.39 is 6.04 Å². The van der Waals surface area contributed by atoms with Gasteiger partial charge in [-0.2, -0.15) is 0 Å². The maximum Gasteiger partial charge on any atom is 0.243 e. The van der Waals surface area contributed by atoms with Gasteiger partial charge in [-0.1, -0.05) is 78.9 Å². The van der Waals surface area contributed by atoms with E-state index in [0.717, 1.165) is 37.0 Å². The topological polar surface area (TPSA) is 49.4 Å². The Bertz CT molecular complexity index is 939. The number of nitrogens with one attached hydrogen (secondary N) is 1. The Hall–Kier alpha value is -1.98. The first-order chi connectivity index (χ1) is 15.9. The summed E-state index contributed by atoms with van der Waals surface area (Å²) < 4.78 is 0. The smallest absolute Gasteiger partial charge is 0.243 e. The van der Waals surface area contributed by atoms with Crippen molar-refractivity contribution in [2.45, 2.75) is 77.3 Å². The van der Waals surface area contributed by atoms with Crippen molar-refractivity contribution in [3.05, 3.63) is 69.7 Å². The van der Waals surface area contributed by atoms with Crippen LogP contribution in [-0.2, 0) is 21.9 Å². The molecule has 1 aliphatic carbocycles. The highest BCUT2D eigenvalue weighted by Crippen LogP contribution is 2.23. The summed E-state index contributed by atoms with van der Waals surface area (Å²) in [5.41, 5.74) is 4.53. The normalized spacial score (nSPS) is 14.8. The van der Waals surface area contributed by atoms with Crippen LogP contribution in [0.2, 0.25) is 5.02 Å². The van der Waals surface area contributed by atoms with Crippen LogP contribution in [0.3, 0.4) is 0 Å². The van der Waals surface area contributed by atoms with Crippen molar-refractivity contribution in [2.24, 2.45) is 0 Å². The standard InChI is InChI=1S/C27H35ClN2O2S/c1-4-25(27(32)29-23-10-6-7-11-23)30(16-22-9-5-8-12-24(22)28)26(31)18-33-17-21-14-19(2)13-20(3)15-21/h5,8-9,12-15,23,25H,4,6-7,10-11,16-18H2,1-3H3,(H,29,32). The number of halogens is 1. The molecule has 1 N–H and O–H groups in total. The maximum absolute atomic E-state index is 13.4. The second kappa shape index (κ2) is 12.5. The van der Waals surface area contributed by atoms with Gasteiger partial charge in [-0.25, -0.2) is 0 Å². The molecule has 1 saturated carbocycles. The number of hydrogen-bond acceptors (Lipinski definition) is 3. The summed E-state index contributed by atoms with van der Waals surface area (Å²) in [6.45, 7) is 6.48. The molecule has 33 heavy (non-hydrogen) atoms. The van der Waals surface area contributed by atoms with Gasteiger partial charge in [-0.3, -0.25) is 9.59 Å². The lowest BCUT2D eigenvalue weighted by atomic mass is 10.1. The number of carbonyl (C=O) groups is 2. The van der Waals surface area contributed by atoms with Gasteiger partial charge in [0.25, 0.3) is 0 Å². The lowest BCUT2D eigenvalue weighted by Gasteiger charge is -2.31. The molecule has 2 amide bonds. The van der Waals surface area contributed by atoms with Crippen LogP contribution in [0, 0.1) is 13.8 Å². The first-order valence-corrected chi connectivity index (χ1v) is 13.4. The molecule has 2 aromatic carbocycles. The number of thioether (sulfide) groups is 1. The fraction of sp³-hybridized carbons (Fsp3) is 0.481. The Morgan fingerprint density at radius 2 is 1.79 bits per heavy atom. The summed E-state index contributed by atoms with van der Waals surface area (Å²) in [4.78, 5) is 28.3. The molecular formula is C27H35ClN2O2S. The van der Waals surface area contributed by atoms with Gasteiger partial charge >= 0.3 is 0 Å². The van der Waals surface area contributed by atoms with Crippen LogP contribution in [0.25, 0.3) is 0 Å². The predicted octanol–water partition coefficient (Wildman–Crippen LogP) is 6.06. The van der Waals surface area contributed by atoms with Crippen LogP contribution in [0.1, 0.15) is 61.3 Å². The molecule has 178 valence electrons. The number of rotatable bonds is 10. The summed E-state index contributed by atoms with van der Waals surface area (Å²) in [6, 6.07) is 13.7. The van der Waals surface area contributed by atoms with Crippen LogP contribution in [0.4, 0.5) is 0 Å². The molecule has 2 aromatic rings. The highest BCUT2D eigenvalue weighted by Gasteiger charge is 2.30. The zero-order valence-corrected chi connectivity index (χ0v) is 21.5. The molecule has 1 atom stereocenters. The molecule has 1 unspecified atom stereocenters. The molecular weight excluding hydrogens is 452 g/mol. The van der Waals surface area contributed by atoms with Crippen molar-refractivity contribution >= 4 is 35.2 Å². The van der Waals surface area contributed by atoms with Crippen LogP contribution in [0.5, 0.6) is 0 Å². The average Bonchev–Trinajstić information content (AvgIpc) is 3.27. The van der Waals surface area contributed by atoms with Gasteiger partial charge in [0.15, 0.2) is 0 Å². The fourth-order valence-electron chi connectivity index (χ4n) is 4.59. The summed E-state index contributed by atoms with van der Waals surface area (Å²) in [6.07, 6.45) is 4.91. The van der Waals surface area contributed by atoms with E-state index in [-0.39, 0.29) is 17.9 Å². The predicted molar refractivity (Wildman–Crippen MR) is 139 cm³/mol. The zero-order chi connectivity index (χ0) is 23.8. The highest BCUT2D eigenvalue weighted by atomic mass is 35.5. The average molecular weight is 487 g/mol. The van der Waals surface area contributed by atoms with Crippen molar-refractivity contribution < 1.29 is 9.59 Å². The van der Waals surface area contributed by atoms with Gasteiger partial charge in [-0.05, 0) is 50.3 Å². The molecule has 0 heterocycles. The van der Waals surface area contributed by atoms with E-state index in [1.54, 1.807) is 16.7 Å². The lowest BCUT2D eigenvalue weighted by Crippen LogP contribution is -2.51. The summed E-state index contributed by atoms with van der Waals surface area (Å²) in [5.74, 6) is 1.01. The van der Waals surface area contributed by atoms with Gasteiger partial charge in [0, 0.05) is 23.4 Å². The number of carbonyl (C=O) groups excluding carboxylic acids is 2. The molecule has 1 fully saturated rings. The summed E-state index contributed by atoms with van der Waals surface area (Å²) in [7, 11) is 0. The van der Waals surface area contributed by atoms with Gasteiger partial charge < -0.3 is 10.2 Å². The number of nitrogens with zero attached hydrogens (tertiary/aromatic N) is 1. The van der Waals surface area contributed by atoms with Crippen LogP contribution < -0.4 is 5.32 Å². The third kappa shape index (κ3) is 7.51. The van der Waals surface area contributed by atoms with E-state index in [1.165, 1.54) is 16.7 Å². The van der Waals surface area contributed by atoms with Crippen LogP contribution in [-0.4, -0.2) is 34.6 Å². The minimum atomic E-state index is -0.504. The largest absolute Gasteiger partial charge is 0.352 e. The number of aryl methyl sites for hydroxylation is 2. The van der Waals surface area contributed by atoms with Gasteiger partial charge in [0.2, 0.25) is 11.8 Å². The van der Waals surface area contributed by atoms with Crippen molar-refractivity contribution in [2.75, 3.05) is 5.75 Å². The Kier molecular flexibility index (Phi) is 9.69. The first-order valence-electron chi connectivity index (χ1n) is 11.9. The Morgan fingerprint density at radius 3 is 2.42 bits per heavy atom. The molecule has 0 saturated heterocycles. The van der Waals surface area contributed by atoms with E-state index in [4.69, 9.17) is 11.6 Å². The maximum atomic E-state index is 13.4. The van der Waals surface area contributed by atoms with Crippen molar-refractivity contribution in [3.63, 3.8) is 0 Å². The van der Waals surface area contributed by atoms with Gasteiger partial charge in [0.05, 0.1) is 5.75 Å². The van der Waals surface area contributed by atoms with Gasteiger partial charge in [0.1, 0.15) is 6.04 Å². The lowest BCUT2D eigenvalue weighted by molar-refractivity contribution is -0.139. The number of benzene rings is 2. The van der Waals surface area contributed by atoms with E-state index >= 15 is 0 Å². The molecule has 0 spiro atoms. The summed E-state index contributed by atoms with van der Waals surface area (Å²) >= 11 is 8.00. The van der Waals surface area contributed by atoms with Crippen molar-refractivity contribution in [1.82, 2.24) is 10.2 Å². The molecule has 0 bridgehead atoms. The molecule has 1 aliphatic rings. The Morgan fingerprint density at radius 1 is 1.12 bits per heavy atom. The van der Waals surface area contributed by atoms with Crippen LogP contribution in [0.15, 0.2) is 42.5 Å². The second-order valence-corrected chi connectivity index (χ2v) is 10.4. The SMILES string of the molecule is CCC(C(=O)NC1CCCC1)N(Cc1ccccc1Cl)C(=O)CSCc1cc(C)cc(C)c1. The first kappa shape index (κ1) is 25.6. The molecule has 3 rings (SSSR count). The third-order valence-electron chi connectivity index (χ3n) is 6.16. The highest BCUT2D eigenvalue weighted by molar-refractivity contribution is 7.99. The second-order valence-electron chi connectivity index (χ2n) is 9.02. The Balaban J connectivity index is 1.72. The molecule has 0 aliphatic heterocycles. The zero-order valence-electron chi connectivity index (χ0n) is 19.9. The van der Waals surface area contributed by atoms with Crippen molar-refractivity contribution in [1.29, 1.82) is 0 Å². The number of hydrogen-bond donors (Lipinski definition) is 1. The molecule has 0 aromatic heterocycles. The quantitative estimate of drug-likeness (QED) is 0.444. The monoisotopic (exact) mass is 486 g/mol. The van der Waals surface area contributed by atoms with Crippen molar-refractivity contribution in [3.8, 4) is 0 Å². The molecule has 0 radical (unpaired) electrons. The fourth-order valence-corrected chi connectivity index (χ4v) is 5.63. The number of amides is 2. The minimum absolute atomic E-state index is 0.0299. The Labute approximate surface area is 207 Å². The minimum Gasteiger partial charge on any atom is -0.352 e. The van der Waals surface area contributed by atoms with Crippen LogP contribution >= 0.6 is 23.4 Å². The van der Waals surface area contributed by atoms with E-state index in [2.05, 4.69) is 37.4 Å². The van der Waals surface area contributed by atoms with E-state index in [1.807, 2.05) is 31.2 Å². The van der Waals surface area contributed by atoms with Gasteiger partial charge in [-0.15, -0.1) is 11.8 Å². The van der Waals surface area contributed by atoms with E-state index in [9.17, 15) is 9.59 Å². The molecule has 6 heteroatoms. The molecule has 4 nitrogen and oxygen atoms in total.